The van der Waals surface area contributed by atoms with Gasteiger partial charge >= 0.3 is 0 Å². The van der Waals surface area contributed by atoms with Gasteiger partial charge in [0, 0.05) is 35.5 Å². The van der Waals surface area contributed by atoms with Crippen LogP contribution in [0.15, 0.2) is 30.3 Å². The number of nitrogens with two attached hydrogens (primary N) is 1. The molecule has 3 nitrogen and oxygen atoms in total. The Bertz CT molecular complexity index is 622. The smallest absolute Gasteiger partial charge is 0.131 e. The van der Waals surface area contributed by atoms with Gasteiger partial charge in [-0.1, -0.05) is 24.3 Å². The highest BCUT2D eigenvalue weighted by Gasteiger charge is 2.25. The molecule has 0 bridgehead atoms. The Labute approximate surface area is 113 Å². The molecule has 0 unspecified atom stereocenters. The van der Waals surface area contributed by atoms with Crippen LogP contribution in [0.4, 0.5) is 0 Å². The highest BCUT2D eigenvalue weighted by atomic mass is 16.5. The van der Waals surface area contributed by atoms with E-state index < -0.39 is 0 Å². The summed E-state index contributed by atoms with van der Waals surface area (Å²) in [5.74, 6) is 0.978. The molecule has 1 aliphatic heterocycles. The van der Waals surface area contributed by atoms with E-state index in [0.717, 1.165) is 34.7 Å². The van der Waals surface area contributed by atoms with Gasteiger partial charge in [-0.15, -0.1) is 0 Å². The fourth-order valence-electron chi connectivity index (χ4n) is 2.65. The lowest BCUT2D eigenvalue weighted by Crippen LogP contribution is -2.24. The monoisotopic (exact) mass is 254 g/mol. The van der Waals surface area contributed by atoms with E-state index in [1.807, 2.05) is 19.9 Å². The molecule has 3 rings (SSSR count). The van der Waals surface area contributed by atoms with E-state index in [-0.39, 0.29) is 6.10 Å². The van der Waals surface area contributed by atoms with Crippen LogP contribution in [0.25, 0.3) is 11.1 Å². The molecule has 0 radical (unpaired) electrons. The van der Waals surface area contributed by atoms with Crippen LogP contribution in [0, 0.1) is 13.8 Å². The Morgan fingerprint density at radius 1 is 1.21 bits per heavy atom. The molecule has 98 valence electrons. The summed E-state index contributed by atoms with van der Waals surface area (Å²) in [4.78, 5) is 4.53. The fraction of sp³-hybridized carbons (Fsp3) is 0.312. The number of aromatic nitrogens is 1. The number of aryl methyl sites for hydroxylation is 2. The first-order valence-corrected chi connectivity index (χ1v) is 6.62. The average molecular weight is 254 g/mol. The Balaban J connectivity index is 2.10. The molecule has 1 aromatic carbocycles. The number of nitrogens with zero attached hydrogens (tertiary/aromatic N) is 1. The summed E-state index contributed by atoms with van der Waals surface area (Å²) >= 11 is 0. The van der Waals surface area contributed by atoms with Crippen molar-refractivity contribution in [2.24, 2.45) is 5.73 Å². The van der Waals surface area contributed by atoms with Gasteiger partial charge in [-0.3, -0.25) is 4.98 Å². The topological polar surface area (TPSA) is 48.1 Å². The molecule has 0 fully saturated rings. The Morgan fingerprint density at radius 3 is 2.79 bits per heavy atom. The lowest BCUT2D eigenvalue weighted by atomic mass is 9.99. The van der Waals surface area contributed by atoms with Crippen molar-refractivity contribution in [1.29, 1.82) is 0 Å². The minimum absolute atomic E-state index is 0.106. The summed E-state index contributed by atoms with van der Waals surface area (Å²) in [6, 6.07) is 10.4. The van der Waals surface area contributed by atoms with Crippen LogP contribution in [-0.2, 0) is 6.42 Å². The minimum atomic E-state index is 0.106. The van der Waals surface area contributed by atoms with Gasteiger partial charge in [-0.05, 0) is 25.5 Å². The highest BCUT2D eigenvalue weighted by Crippen LogP contribution is 2.39. The van der Waals surface area contributed by atoms with Crippen molar-refractivity contribution in [3.8, 4) is 16.9 Å². The fourth-order valence-corrected chi connectivity index (χ4v) is 2.65. The molecule has 1 aromatic heterocycles. The van der Waals surface area contributed by atoms with Crippen LogP contribution in [0.3, 0.4) is 0 Å². The maximum absolute atomic E-state index is 5.97. The number of pyridine rings is 1. The second kappa shape index (κ2) is 4.67. The van der Waals surface area contributed by atoms with Crippen molar-refractivity contribution in [2.75, 3.05) is 6.54 Å². The number of ether oxygens (including phenoxy) is 1. The van der Waals surface area contributed by atoms with Crippen LogP contribution in [0.5, 0.6) is 5.75 Å². The minimum Gasteiger partial charge on any atom is -0.488 e. The zero-order valence-corrected chi connectivity index (χ0v) is 11.3. The first kappa shape index (κ1) is 12.2. The van der Waals surface area contributed by atoms with Crippen molar-refractivity contribution in [1.82, 2.24) is 4.98 Å². The first-order valence-electron chi connectivity index (χ1n) is 6.62. The summed E-state index contributed by atoms with van der Waals surface area (Å²) in [5, 5.41) is 0. The molecule has 2 N–H and O–H groups in total. The molecule has 1 atom stereocenters. The summed E-state index contributed by atoms with van der Waals surface area (Å²) in [6.07, 6.45) is 1.01. The third-order valence-corrected chi connectivity index (χ3v) is 3.61. The van der Waals surface area contributed by atoms with Crippen LogP contribution in [0.2, 0.25) is 0 Å². The molecule has 2 heterocycles. The maximum Gasteiger partial charge on any atom is 0.131 e. The molecule has 0 saturated carbocycles. The van der Waals surface area contributed by atoms with Gasteiger partial charge in [0.25, 0.3) is 0 Å². The van der Waals surface area contributed by atoms with Gasteiger partial charge in [-0.2, -0.15) is 0 Å². The SMILES string of the molecule is Cc1ccc(-c2cccc3c2O[C@@H](CN)C3)c(C)n1. The lowest BCUT2D eigenvalue weighted by Gasteiger charge is -2.12. The molecule has 0 aliphatic carbocycles. The zero-order chi connectivity index (χ0) is 13.4. The van der Waals surface area contributed by atoms with E-state index in [9.17, 15) is 0 Å². The van der Waals surface area contributed by atoms with Gasteiger partial charge in [0.2, 0.25) is 0 Å². The molecule has 19 heavy (non-hydrogen) atoms. The van der Waals surface area contributed by atoms with Crippen molar-refractivity contribution in [3.05, 3.63) is 47.3 Å². The van der Waals surface area contributed by atoms with Gasteiger partial charge in [0.15, 0.2) is 0 Å². The Kier molecular flexibility index (Phi) is 2.99. The number of benzene rings is 1. The predicted octanol–water partition coefficient (Wildman–Crippen LogP) is 2.63. The van der Waals surface area contributed by atoms with E-state index in [1.165, 1.54) is 5.56 Å². The summed E-state index contributed by atoms with van der Waals surface area (Å²) in [7, 11) is 0. The van der Waals surface area contributed by atoms with Crippen LogP contribution < -0.4 is 10.5 Å². The van der Waals surface area contributed by atoms with E-state index >= 15 is 0 Å². The molecular weight excluding hydrogens is 236 g/mol. The van der Waals surface area contributed by atoms with Gasteiger partial charge < -0.3 is 10.5 Å². The molecular formula is C16H18N2O. The predicted molar refractivity (Wildman–Crippen MR) is 76.3 cm³/mol. The van der Waals surface area contributed by atoms with E-state index in [1.54, 1.807) is 0 Å². The summed E-state index contributed by atoms with van der Waals surface area (Å²) in [6.45, 7) is 4.60. The van der Waals surface area contributed by atoms with E-state index in [2.05, 4.69) is 29.2 Å². The first-order chi connectivity index (χ1) is 9.19. The second-order valence-electron chi connectivity index (χ2n) is 5.06. The molecule has 0 amide bonds. The van der Waals surface area contributed by atoms with Crippen molar-refractivity contribution in [3.63, 3.8) is 0 Å². The van der Waals surface area contributed by atoms with Crippen molar-refractivity contribution in [2.45, 2.75) is 26.4 Å². The van der Waals surface area contributed by atoms with Crippen molar-refractivity contribution >= 4 is 0 Å². The number of hydrogen-bond acceptors (Lipinski definition) is 3. The average Bonchev–Trinajstić information content (AvgIpc) is 2.82. The van der Waals surface area contributed by atoms with Crippen LogP contribution >= 0.6 is 0 Å². The standard InChI is InChI=1S/C16H18N2O/c1-10-6-7-14(11(2)18-10)15-5-3-4-12-8-13(9-17)19-16(12)15/h3-7,13H,8-9,17H2,1-2H3/t13-/m1/s1. The molecule has 1 aliphatic rings. The molecule has 2 aromatic rings. The Morgan fingerprint density at radius 2 is 2.05 bits per heavy atom. The normalized spacial score (nSPS) is 17.1. The van der Waals surface area contributed by atoms with Gasteiger partial charge in [0.1, 0.15) is 11.9 Å². The van der Waals surface area contributed by atoms with E-state index in [0.29, 0.717) is 6.54 Å². The largest absolute Gasteiger partial charge is 0.488 e. The second-order valence-corrected chi connectivity index (χ2v) is 5.06. The zero-order valence-electron chi connectivity index (χ0n) is 11.3. The van der Waals surface area contributed by atoms with Crippen LogP contribution in [-0.4, -0.2) is 17.6 Å². The number of rotatable bonds is 2. The van der Waals surface area contributed by atoms with Gasteiger partial charge in [0.05, 0.1) is 0 Å². The molecule has 0 saturated heterocycles. The van der Waals surface area contributed by atoms with Crippen LogP contribution in [0.1, 0.15) is 17.0 Å². The molecule has 3 heteroatoms. The number of fused-ring (bicyclic) bond motifs is 1. The van der Waals surface area contributed by atoms with Crippen molar-refractivity contribution < 1.29 is 4.74 Å². The maximum atomic E-state index is 5.97. The highest BCUT2D eigenvalue weighted by molar-refractivity contribution is 5.74. The lowest BCUT2D eigenvalue weighted by molar-refractivity contribution is 0.242. The van der Waals surface area contributed by atoms with Gasteiger partial charge in [-0.25, -0.2) is 0 Å². The summed E-state index contributed by atoms with van der Waals surface area (Å²) in [5.41, 5.74) is 11.3. The van der Waals surface area contributed by atoms with E-state index in [4.69, 9.17) is 10.5 Å². The Hall–Kier alpha value is -1.87. The third kappa shape index (κ3) is 2.10. The number of hydrogen-bond donors (Lipinski definition) is 1. The molecule has 0 spiro atoms. The summed E-state index contributed by atoms with van der Waals surface area (Å²) < 4.78 is 5.97. The quantitative estimate of drug-likeness (QED) is 0.896. The third-order valence-electron chi connectivity index (χ3n) is 3.61. The number of para-hydroxylation sites is 1.